The van der Waals surface area contributed by atoms with Crippen LogP contribution in [0.3, 0.4) is 0 Å². The largest absolute Gasteiger partial charge is 0.461 e. The van der Waals surface area contributed by atoms with Crippen molar-refractivity contribution in [3.8, 4) is 5.75 Å². The van der Waals surface area contributed by atoms with E-state index >= 15 is 0 Å². The predicted molar refractivity (Wildman–Crippen MR) is 244 cm³/mol. The molecule has 4 rings (SSSR count). The third-order valence-electron chi connectivity index (χ3n) is 10.9. The number of benzene rings is 2. The van der Waals surface area contributed by atoms with Crippen LogP contribution in [0.5, 0.6) is 5.75 Å². The number of aryl methyl sites for hydroxylation is 1. The average molecular weight is 879 g/mol. The molecule has 2 heterocycles. The maximum atomic E-state index is 12.4. The van der Waals surface area contributed by atoms with Crippen LogP contribution in [0.1, 0.15) is 122 Å². The van der Waals surface area contributed by atoms with Crippen molar-refractivity contribution in [1.29, 1.82) is 0 Å². The highest BCUT2D eigenvalue weighted by atomic mass is 35.5. The zero-order chi connectivity index (χ0) is 42.3. The molecule has 59 heavy (non-hydrogen) atoms. The molecule has 330 valence electrons. The van der Waals surface area contributed by atoms with E-state index in [1.54, 1.807) is 12.1 Å². The first kappa shape index (κ1) is 50.3. The standard InChI is InChI=1S/C46H68ClN3O7S.ClH/c1-8-50(9-2)36-22-23-38-34(31-42(45(3,4)5)57-40(38)32-36)19-17-20-41-46(6,7)39-33-37(58(52,53)54)30-35(44(39)49-41)18-13-12-14-21-43(51)48-25-27-56-29-28-55-26-16-11-10-15-24-47;/h17,19-20,22-23,30-34,49H,8-16,18,21,24-29H2,1-7H3,(H,48,51)(H,52,53,54);1H. The van der Waals surface area contributed by atoms with Crippen LogP contribution in [0.2, 0.25) is 0 Å². The number of hydrogen-bond donors (Lipinski definition) is 3. The van der Waals surface area contributed by atoms with E-state index in [1.807, 2.05) is 0 Å². The molecule has 1 atom stereocenters. The van der Waals surface area contributed by atoms with E-state index < -0.39 is 15.5 Å². The minimum atomic E-state index is -4.43. The van der Waals surface area contributed by atoms with Crippen LogP contribution < -0.4 is 20.3 Å². The third-order valence-corrected chi connectivity index (χ3v) is 12.0. The number of alkyl halides is 1. The van der Waals surface area contributed by atoms with E-state index in [9.17, 15) is 17.8 Å². The summed E-state index contributed by atoms with van der Waals surface area (Å²) in [4.78, 5) is 14.6. The van der Waals surface area contributed by atoms with Gasteiger partial charge >= 0.3 is 0 Å². The summed E-state index contributed by atoms with van der Waals surface area (Å²) < 4.78 is 52.6. The topological polar surface area (TPSA) is 126 Å². The van der Waals surface area contributed by atoms with E-state index in [0.29, 0.717) is 51.5 Å². The van der Waals surface area contributed by atoms with Crippen molar-refractivity contribution < 1.29 is 32.0 Å². The molecule has 0 spiro atoms. The molecule has 2 aliphatic rings. The molecule has 3 N–H and O–H groups in total. The van der Waals surface area contributed by atoms with E-state index in [1.165, 1.54) is 0 Å². The summed E-state index contributed by atoms with van der Waals surface area (Å²) in [5.74, 6) is 2.49. The van der Waals surface area contributed by atoms with Gasteiger partial charge in [-0.3, -0.25) is 9.35 Å². The van der Waals surface area contributed by atoms with Crippen molar-refractivity contribution in [2.75, 3.05) is 62.2 Å². The SMILES string of the molecule is CCN(CC)c1ccc2c(c1)OC(C(C)(C)C)=CC2C=CC=C1Nc2c(CCCCCC(=O)NCCOCCOCCCCCCCl)cc(S(=O)(=O)O)cc2C1(C)C.Cl. The number of unbranched alkanes of at least 4 members (excludes halogenated alkanes) is 5. The lowest BCUT2D eigenvalue weighted by Gasteiger charge is -2.31. The number of nitrogens with zero attached hydrogens (tertiary/aromatic N) is 1. The third kappa shape index (κ3) is 14.8. The highest BCUT2D eigenvalue weighted by molar-refractivity contribution is 7.85. The number of halogens is 2. The van der Waals surface area contributed by atoms with E-state index in [4.69, 9.17) is 25.8 Å². The van der Waals surface area contributed by atoms with Gasteiger partial charge in [-0.05, 0) is 87.4 Å². The van der Waals surface area contributed by atoms with Crippen LogP contribution in [0.4, 0.5) is 11.4 Å². The van der Waals surface area contributed by atoms with Crippen molar-refractivity contribution >= 4 is 51.4 Å². The Kier molecular flexibility index (Phi) is 20.3. The molecule has 1 unspecified atom stereocenters. The molecule has 0 fully saturated rings. The van der Waals surface area contributed by atoms with Crippen LogP contribution in [0.25, 0.3) is 0 Å². The Bertz CT molecular complexity index is 1870. The van der Waals surface area contributed by atoms with E-state index in [2.05, 4.69) is 107 Å². The van der Waals surface area contributed by atoms with Crippen molar-refractivity contribution in [2.45, 2.75) is 122 Å². The Labute approximate surface area is 365 Å². The van der Waals surface area contributed by atoms with Gasteiger partial charge in [-0.25, -0.2) is 0 Å². The van der Waals surface area contributed by atoms with Gasteiger partial charge < -0.3 is 29.7 Å². The molecule has 2 aliphatic heterocycles. The fourth-order valence-corrected chi connectivity index (χ4v) is 8.11. The Morgan fingerprint density at radius 1 is 0.983 bits per heavy atom. The molecular formula is C46H69Cl2N3O7S. The van der Waals surface area contributed by atoms with E-state index in [-0.39, 0.29) is 34.5 Å². The summed E-state index contributed by atoms with van der Waals surface area (Å²) in [6, 6.07) is 9.62. The molecule has 0 saturated carbocycles. The highest BCUT2D eigenvalue weighted by Gasteiger charge is 2.37. The number of allylic oxidation sites excluding steroid dienone is 6. The Hall–Kier alpha value is -3.06. The van der Waals surface area contributed by atoms with Gasteiger partial charge in [0.05, 0.1) is 24.7 Å². The molecule has 0 bridgehead atoms. The minimum Gasteiger partial charge on any atom is -0.461 e. The number of nitrogens with one attached hydrogen (secondary N) is 2. The predicted octanol–water partition coefficient (Wildman–Crippen LogP) is 10.5. The van der Waals surface area contributed by atoms with Gasteiger partial charge in [0.2, 0.25) is 5.91 Å². The zero-order valence-electron chi connectivity index (χ0n) is 36.3. The van der Waals surface area contributed by atoms with Crippen LogP contribution in [-0.2, 0) is 36.2 Å². The Morgan fingerprint density at radius 3 is 2.36 bits per heavy atom. The summed E-state index contributed by atoms with van der Waals surface area (Å²) in [7, 11) is -4.43. The summed E-state index contributed by atoms with van der Waals surface area (Å²) >= 11 is 5.70. The first-order valence-electron chi connectivity index (χ1n) is 21.2. The highest BCUT2D eigenvalue weighted by Crippen LogP contribution is 2.47. The van der Waals surface area contributed by atoms with Gasteiger partial charge in [0.25, 0.3) is 10.1 Å². The average Bonchev–Trinajstić information content (AvgIpc) is 3.43. The fraction of sp³-hybridized carbons (Fsp3) is 0.587. The van der Waals surface area contributed by atoms with Crippen molar-refractivity contribution in [1.82, 2.24) is 5.32 Å². The van der Waals surface area contributed by atoms with Crippen molar-refractivity contribution in [2.24, 2.45) is 5.41 Å². The molecule has 0 aliphatic carbocycles. The number of ether oxygens (including phenoxy) is 3. The summed E-state index contributed by atoms with van der Waals surface area (Å²) in [5, 5.41) is 6.52. The quantitative estimate of drug-likeness (QED) is 0.0537. The van der Waals surface area contributed by atoms with Crippen LogP contribution in [0.15, 0.2) is 71.0 Å². The number of amides is 1. The normalized spacial score (nSPS) is 16.5. The van der Waals surface area contributed by atoms with Gasteiger partial charge in [0.1, 0.15) is 11.5 Å². The maximum Gasteiger partial charge on any atom is 0.294 e. The molecule has 10 nitrogen and oxygen atoms in total. The smallest absolute Gasteiger partial charge is 0.294 e. The van der Waals surface area contributed by atoms with Gasteiger partial charge in [0, 0.05) is 84.0 Å². The van der Waals surface area contributed by atoms with Gasteiger partial charge in [-0.1, -0.05) is 72.1 Å². The number of fused-ring (bicyclic) bond motifs is 2. The lowest BCUT2D eigenvalue weighted by atomic mass is 9.82. The number of rotatable bonds is 24. The second-order valence-electron chi connectivity index (χ2n) is 16.7. The summed E-state index contributed by atoms with van der Waals surface area (Å²) in [6.45, 7) is 19.4. The first-order valence-corrected chi connectivity index (χ1v) is 23.2. The monoisotopic (exact) mass is 877 g/mol. The van der Waals surface area contributed by atoms with Gasteiger partial charge in [-0.2, -0.15) is 8.42 Å². The molecular weight excluding hydrogens is 809 g/mol. The zero-order valence-corrected chi connectivity index (χ0v) is 38.7. The molecule has 0 aromatic heterocycles. The van der Waals surface area contributed by atoms with Crippen LogP contribution >= 0.6 is 24.0 Å². The van der Waals surface area contributed by atoms with Crippen LogP contribution in [-0.4, -0.2) is 70.8 Å². The molecule has 1 amide bonds. The van der Waals surface area contributed by atoms with Crippen molar-refractivity contribution in [3.05, 3.63) is 82.8 Å². The lowest BCUT2D eigenvalue weighted by Crippen LogP contribution is -2.27. The minimum absolute atomic E-state index is 0. The number of hydrogen-bond acceptors (Lipinski definition) is 8. The lowest BCUT2D eigenvalue weighted by molar-refractivity contribution is -0.121. The summed E-state index contributed by atoms with van der Waals surface area (Å²) in [6.07, 6.45) is 16.1. The molecule has 2 aromatic rings. The molecule has 0 saturated heterocycles. The van der Waals surface area contributed by atoms with Crippen LogP contribution in [0, 0.1) is 5.41 Å². The Balaban J connectivity index is 0.00000930. The second-order valence-corrected chi connectivity index (χ2v) is 18.5. The first-order chi connectivity index (χ1) is 27.6. The molecule has 0 radical (unpaired) electrons. The second kappa shape index (κ2) is 23.8. The molecule has 13 heteroatoms. The number of carbonyl (C=O) groups excluding carboxylic acids is 1. The Morgan fingerprint density at radius 2 is 1.68 bits per heavy atom. The number of anilines is 2. The van der Waals surface area contributed by atoms with Gasteiger partial charge in [0.15, 0.2) is 0 Å². The van der Waals surface area contributed by atoms with E-state index in [0.717, 1.165) is 103 Å². The van der Waals surface area contributed by atoms with Crippen molar-refractivity contribution in [3.63, 3.8) is 0 Å². The summed E-state index contributed by atoms with van der Waals surface area (Å²) in [5.41, 5.74) is 4.96. The number of carbonyl (C=O) groups is 1. The molecule has 2 aromatic carbocycles. The van der Waals surface area contributed by atoms with Gasteiger partial charge in [-0.15, -0.1) is 24.0 Å². The fourth-order valence-electron chi connectivity index (χ4n) is 7.36. The maximum absolute atomic E-state index is 12.4.